The van der Waals surface area contributed by atoms with E-state index in [1.165, 1.54) is 23.3 Å². The topological polar surface area (TPSA) is 12.0 Å². The van der Waals surface area contributed by atoms with E-state index in [2.05, 4.69) is 29.6 Å². The predicted molar refractivity (Wildman–Crippen MR) is 77.9 cm³/mol. The Kier molecular flexibility index (Phi) is 4.85. The van der Waals surface area contributed by atoms with E-state index >= 15 is 0 Å². The molecule has 0 aliphatic carbocycles. The molecule has 1 N–H and O–H groups in total. The van der Waals surface area contributed by atoms with Crippen LogP contribution in [0.5, 0.6) is 0 Å². The first-order valence-corrected chi connectivity index (χ1v) is 6.74. The van der Waals surface area contributed by atoms with E-state index in [-0.39, 0.29) is 5.92 Å². The van der Waals surface area contributed by atoms with Crippen molar-refractivity contribution in [3.63, 3.8) is 0 Å². The van der Waals surface area contributed by atoms with Gasteiger partial charge in [0.05, 0.1) is 0 Å². The summed E-state index contributed by atoms with van der Waals surface area (Å²) in [6.07, 6.45) is 0.610. The van der Waals surface area contributed by atoms with Crippen LogP contribution in [-0.4, -0.2) is 13.6 Å². The van der Waals surface area contributed by atoms with Crippen molar-refractivity contribution in [1.29, 1.82) is 0 Å². The van der Waals surface area contributed by atoms with Gasteiger partial charge in [0.1, 0.15) is 11.6 Å². The molecule has 0 fully saturated rings. The third-order valence-electron chi connectivity index (χ3n) is 3.40. The zero-order valence-corrected chi connectivity index (χ0v) is 11.8. The van der Waals surface area contributed by atoms with Crippen LogP contribution in [0.3, 0.4) is 0 Å². The summed E-state index contributed by atoms with van der Waals surface area (Å²) >= 11 is 0. The number of aryl methyl sites for hydroxylation is 1. The minimum absolute atomic E-state index is 0.196. The number of nitrogens with one attached hydrogen (secondary N) is 1. The standard InChI is InChI=1S/C17H19F2N/c1-12-3-5-14(6-4-12)15(11-20-2)7-13-8-16(18)10-17(19)9-13/h3-6,8-10,15,20H,7,11H2,1-2H3. The van der Waals surface area contributed by atoms with Crippen LogP contribution in [0.15, 0.2) is 42.5 Å². The molecule has 1 unspecified atom stereocenters. The van der Waals surface area contributed by atoms with Crippen molar-refractivity contribution in [3.05, 3.63) is 70.8 Å². The Morgan fingerprint density at radius 1 is 1.00 bits per heavy atom. The van der Waals surface area contributed by atoms with Gasteiger partial charge in [0.2, 0.25) is 0 Å². The van der Waals surface area contributed by atoms with Gasteiger partial charge in [0, 0.05) is 18.5 Å². The highest BCUT2D eigenvalue weighted by molar-refractivity contribution is 5.28. The number of likely N-dealkylation sites (N-methyl/N-ethyl adjacent to an activating group) is 1. The zero-order chi connectivity index (χ0) is 14.5. The molecule has 106 valence electrons. The lowest BCUT2D eigenvalue weighted by molar-refractivity contribution is 0.571. The quantitative estimate of drug-likeness (QED) is 0.874. The van der Waals surface area contributed by atoms with E-state index < -0.39 is 11.6 Å². The van der Waals surface area contributed by atoms with Crippen molar-refractivity contribution >= 4 is 0 Å². The van der Waals surface area contributed by atoms with Crippen LogP contribution >= 0.6 is 0 Å². The smallest absolute Gasteiger partial charge is 0.126 e. The second-order valence-corrected chi connectivity index (χ2v) is 5.15. The molecule has 0 radical (unpaired) electrons. The maximum atomic E-state index is 13.3. The molecule has 2 rings (SSSR count). The second-order valence-electron chi connectivity index (χ2n) is 5.15. The van der Waals surface area contributed by atoms with Gasteiger partial charge in [-0.15, -0.1) is 0 Å². The molecule has 0 saturated carbocycles. The average molecular weight is 275 g/mol. The van der Waals surface area contributed by atoms with Gasteiger partial charge in [-0.25, -0.2) is 8.78 Å². The summed E-state index contributed by atoms with van der Waals surface area (Å²) in [6.45, 7) is 2.81. The summed E-state index contributed by atoms with van der Waals surface area (Å²) in [5, 5.41) is 3.14. The molecule has 1 atom stereocenters. The SMILES string of the molecule is CNCC(Cc1cc(F)cc(F)c1)c1ccc(C)cc1. The number of hydrogen-bond acceptors (Lipinski definition) is 1. The van der Waals surface area contributed by atoms with Crippen molar-refractivity contribution < 1.29 is 8.78 Å². The molecule has 0 saturated heterocycles. The molecule has 0 heterocycles. The lowest BCUT2D eigenvalue weighted by Gasteiger charge is -2.17. The Balaban J connectivity index is 2.22. The van der Waals surface area contributed by atoms with Gasteiger partial charge in [0.25, 0.3) is 0 Å². The van der Waals surface area contributed by atoms with Gasteiger partial charge in [-0.1, -0.05) is 29.8 Å². The molecule has 0 aliphatic heterocycles. The Bertz CT molecular complexity index is 543. The summed E-state index contributed by atoms with van der Waals surface area (Å²) in [7, 11) is 1.88. The van der Waals surface area contributed by atoms with Crippen LogP contribution in [0.4, 0.5) is 8.78 Å². The summed E-state index contributed by atoms with van der Waals surface area (Å²) in [6, 6.07) is 12.0. The minimum Gasteiger partial charge on any atom is -0.319 e. The first kappa shape index (κ1) is 14.7. The van der Waals surface area contributed by atoms with Gasteiger partial charge < -0.3 is 5.32 Å². The Hall–Kier alpha value is -1.74. The molecule has 0 amide bonds. The lowest BCUT2D eigenvalue weighted by atomic mass is 9.91. The third kappa shape index (κ3) is 3.87. The highest BCUT2D eigenvalue weighted by atomic mass is 19.1. The summed E-state index contributed by atoms with van der Waals surface area (Å²) < 4.78 is 26.5. The van der Waals surface area contributed by atoms with Crippen molar-refractivity contribution in [2.45, 2.75) is 19.3 Å². The molecule has 0 aliphatic rings. The van der Waals surface area contributed by atoms with Crippen molar-refractivity contribution in [1.82, 2.24) is 5.32 Å². The fourth-order valence-electron chi connectivity index (χ4n) is 2.41. The average Bonchev–Trinajstić information content (AvgIpc) is 2.38. The third-order valence-corrected chi connectivity index (χ3v) is 3.40. The van der Waals surface area contributed by atoms with E-state index in [4.69, 9.17) is 0 Å². The maximum absolute atomic E-state index is 13.3. The van der Waals surface area contributed by atoms with E-state index in [0.29, 0.717) is 12.0 Å². The molecule has 0 spiro atoms. The van der Waals surface area contributed by atoms with Crippen molar-refractivity contribution in [2.75, 3.05) is 13.6 Å². The largest absolute Gasteiger partial charge is 0.319 e. The van der Waals surface area contributed by atoms with E-state index in [1.54, 1.807) is 0 Å². The molecule has 3 heteroatoms. The van der Waals surface area contributed by atoms with Crippen LogP contribution in [0.25, 0.3) is 0 Å². The van der Waals surface area contributed by atoms with Gasteiger partial charge in [-0.05, 0) is 43.7 Å². The normalized spacial score (nSPS) is 12.4. The van der Waals surface area contributed by atoms with Gasteiger partial charge in [-0.3, -0.25) is 0 Å². The van der Waals surface area contributed by atoms with E-state index in [1.807, 2.05) is 14.0 Å². The van der Waals surface area contributed by atoms with Crippen molar-refractivity contribution in [3.8, 4) is 0 Å². The maximum Gasteiger partial charge on any atom is 0.126 e. The molecule has 0 aromatic heterocycles. The van der Waals surface area contributed by atoms with E-state index in [9.17, 15) is 8.78 Å². The Labute approximate surface area is 118 Å². The highest BCUT2D eigenvalue weighted by Gasteiger charge is 2.13. The van der Waals surface area contributed by atoms with Crippen LogP contribution in [0, 0.1) is 18.6 Å². The fraction of sp³-hybridized carbons (Fsp3) is 0.294. The second kappa shape index (κ2) is 6.62. The molecule has 2 aromatic carbocycles. The number of rotatable bonds is 5. The first-order chi connectivity index (χ1) is 9.58. The van der Waals surface area contributed by atoms with Gasteiger partial charge in [0.15, 0.2) is 0 Å². The van der Waals surface area contributed by atoms with Crippen LogP contribution in [0.2, 0.25) is 0 Å². The highest BCUT2D eigenvalue weighted by Crippen LogP contribution is 2.22. The van der Waals surface area contributed by atoms with Gasteiger partial charge >= 0.3 is 0 Å². The van der Waals surface area contributed by atoms with Crippen molar-refractivity contribution in [2.24, 2.45) is 0 Å². The van der Waals surface area contributed by atoms with Crippen LogP contribution in [0.1, 0.15) is 22.6 Å². The Morgan fingerprint density at radius 2 is 1.60 bits per heavy atom. The zero-order valence-electron chi connectivity index (χ0n) is 11.8. The lowest BCUT2D eigenvalue weighted by Crippen LogP contribution is -2.19. The molecular weight excluding hydrogens is 256 g/mol. The first-order valence-electron chi connectivity index (χ1n) is 6.74. The molecule has 20 heavy (non-hydrogen) atoms. The molecule has 1 nitrogen and oxygen atoms in total. The number of halogens is 2. The number of benzene rings is 2. The van der Waals surface area contributed by atoms with Crippen LogP contribution < -0.4 is 5.32 Å². The number of hydrogen-bond donors (Lipinski definition) is 1. The van der Waals surface area contributed by atoms with Crippen LogP contribution in [-0.2, 0) is 6.42 Å². The fourth-order valence-corrected chi connectivity index (χ4v) is 2.41. The molecule has 0 bridgehead atoms. The van der Waals surface area contributed by atoms with Gasteiger partial charge in [-0.2, -0.15) is 0 Å². The summed E-state index contributed by atoms with van der Waals surface area (Å²) in [5.74, 6) is -0.846. The summed E-state index contributed by atoms with van der Waals surface area (Å²) in [4.78, 5) is 0. The monoisotopic (exact) mass is 275 g/mol. The molecular formula is C17H19F2N. The summed E-state index contributed by atoms with van der Waals surface area (Å²) in [5.41, 5.74) is 3.06. The predicted octanol–water partition coefficient (Wildman–Crippen LogP) is 3.82. The van der Waals surface area contributed by atoms with E-state index in [0.717, 1.165) is 12.6 Å². The molecule has 2 aromatic rings. The Morgan fingerprint density at radius 3 is 2.15 bits per heavy atom. The minimum atomic E-state index is -0.521.